The summed E-state index contributed by atoms with van der Waals surface area (Å²) in [7, 11) is 0. The van der Waals surface area contributed by atoms with Crippen LogP contribution in [0.2, 0.25) is 0 Å². The van der Waals surface area contributed by atoms with E-state index in [1.165, 1.54) is 55.3 Å². The van der Waals surface area contributed by atoms with E-state index in [-0.39, 0.29) is 17.7 Å². The number of hydrogen-bond acceptors (Lipinski definition) is 4. The van der Waals surface area contributed by atoms with Gasteiger partial charge in [-0.05, 0) is 73.0 Å². The SMILES string of the molecule is CC1(C)c2cc(-c3ccc(-c4cccc5c(C6NC(c7ccccc7)=NC(c7ccccc7)N6)cccc45)cc3)ccc2-c2c(C#N)cccc21. The van der Waals surface area contributed by atoms with Gasteiger partial charge in [-0.3, -0.25) is 5.32 Å². The Hall–Kier alpha value is -6.28. The monoisotopic (exact) mass is 656 g/mol. The van der Waals surface area contributed by atoms with Crippen LogP contribution in [0.25, 0.3) is 44.2 Å². The van der Waals surface area contributed by atoms with Crippen molar-refractivity contribution in [3.05, 3.63) is 191 Å². The lowest BCUT2D eigenvalue weighted by molar-refractivity contribution is 0.411. The minimum Gasteiger partial charge on any atom is -0.350 e. The van der Waals surface area contributed by atoms with Crippen molar-refractivity contribution >= 4 is 16.6 Å². The Bertz CT molecular complexity index is 2510. The number of rotatable bonds is 5. The molecule has 0 fully saturated rings. The molecule has 9 rings (SSSR count). The third kappa shape index (κ3) is 5.22. The summed E-state index contributed by atoms with van der Waals surface area (Å²) in [6.45, 7) is 4.52. The van der Waals surface area contributed by atoms with Crippen LogP contribution in [0, 0.1) is 11.3 Å². The van der Waals surface area contributed by atoms with Gasteiger partial charge in [0.05, 0.1) is 11.6 Å². The van der Waals surface area contributed by atoms with Gasteiger partial charge in [-0.1, -0.05) is 159 Å². The maximum atomic E-state index is 9.84. The minimum atomic E-state index is -0.189. The summed E-state index contributed by atoms with van der Waals surface area (Å²) in [6, 6.07) is 58.1. The zero-order valence-electron chi connectivity index (χ0n) is 28.6. The molecule has 0 saturated heterocycles. The predicted octanol–water partition coefficient (Wildman–Crippen LogP) is 10.7. The Morgan fingerprint density at radius 3 is 2.06 bits per heavy atom. The lowest BCUT2D eigenvalue weighted by atomic mass is 9.81. The molecule has 1 aliphatic heterocycles. The van der Waals surface area contributed by atoms with Gasteiger partial charge in [0, 0.05) is 16.5 Å². The molecule has 2 atom stereocenters. The Morgan fingerprint density at radius 2 is 1.27 bits per heavy atom. The average molecular weight is 657 g/mol. The molecule has 1 aliphatic carbocycles. The normalized spacial score (nSPS) is 17.2. The summed E-state index contributed by atoms with van der Waals surface area (Å²) in [5.74, 6) is 0.876. The van der Waals surface area contributed by atoms with Gasteiger partial charge in [-0.15, -0.1) is 0 Å². The molecule has 0 bridgehead atoms. The fourth-order valence-corrected chi connectivity index (χ4v) is 8.01. The predicted molar refractivity (Wildman–Crippen MR) is 208 cm³/mol. The first kappa shape index (κ1) is 30.8. The van der Waals surface area contributed by atoms with Crippen LogP contribution in [-0.4, -0.2) is 5.84 Å². The van der Waals surface area contributed by atoms with Crippen molar-refractivity contribution in [2.24, 2.45) is 4.99 Å². The number of fused-ring (bicyclic) bond motifs is 4. The highest BCUT2D eigenvalue weighted by molar-refractivity contribution is 6.01. The molecule has 7 aromatic carbocycles. The molecule has 2 unspecified atom stereocenters. The topological polar surface area (TPSA) is 60.2 Å². The first-order valence-corrected chi connectivity index (χ1v) is 17.5. The van der Waals surface area contributed by atoms with E-state index in [1.54, 1.807) is 0 Å². The molecule has 0 spiro atoms. The van der Waals surface area contributed by atoms with Crippen LogP contribution < -0.4 is 10.6 Å². The number of benzene rings is 7. The van der Waals surface area contributed by atoms with Crippen molar-refractivity contribution in [2.75, 3.05) is 0 Å². The van der Waals surface area contributed by atoms with Crippen molar-refractivity contribution in [3.63, 3.8) is 0 Å². The van der Waals surface area contributed by atoms with Crippen molar-refractivity contribution in [2.45, 2.75) is 31.6 Å². The Balaban J connectivity index is 1.06. The fourth-order valence-electron chi connectivity index (χ4n) is 8.01. The molecule has 4 nitrogen and oxygen atoms in total. The molecule has 7 aromatic rings. The van der Waals surface area contributed by atoms with Gasteiger partial charge in [0.25, 0.3) is 0 Å². The van der Waals surface area contributed by atoms with Crippen LogP contribution in [-0.2, 0) is 5.41 Å². The van der Waals surface area contributed by atoms with Crippen LogP contribution in [0.5, 0.6) is 0 Å². The number of nitrogens with zero attached hydrogens (tertiary/aromatic N) is 2. The van der Waals surface area contributed by atoms with Gasteiger partial charge in [0.2, 0.25) is 0 Å². The summed E-state index contributed by atoms with van der Waals surface area (Å²) in [5, 5.41) is 19.8. The molecule has 0 amide bonds. The number of amidine groups is 1. The van der Waals surface area contributed by atoms with E-state index in [4.69, 9.17) is 4.99 Å². The Kier molecular flexibility index (Phi) is 7.38. The number of aliphatic imine (C=N–C) groups is 1. The molecule has 1 heterocycles. The van der Waals surface area contributed by atoms with E-state index in [9.17, 15) is 5.26 Å². The van der Waals surface area contributed by atoms with E-state index in [2.05, 4.69) is 164 Å². The highest BCUT2D eigenvalue weighted by Crippen LogP contribution is 2.51. The maximum Gasteiger partial charge on any atom is 0.131 e. The van der Waals surface area contributed by atoms with Crippen LogP contribution in [0.3, 0.4) is 0 Å². The highest BCUT2D eigenvalue weighted by atomic mass is 15.3. The second-order valence-electron chi connectivity index (χ2n) is 14.0. The standard InChI is InChI=1S/C47H36N4/c1-47(2)41-21-9-16-35(29-48)43(41)40-27-26-34(28-42(40)47)30-22-24-31(25-23-30)36-17-10-19-38-37(36)18-11-20-39(38)46-50-44(32-12-5-3-6-13-32)49-45(51-46)33-14-7-4-8-15-33/h3-28,44,46,50H,1-2H3,(H,49,51). The number of nitrogens with one attached hydrogen (secondary N) is 2. The molecular weight excluding hydrogens is 621 g/mol. The lowest BCUT2D eigenvalue weighted by Gasteiger charge is -2.33. The number of nitriles is 1. The van der Waals surface area contributed by atoms with Crippen LogP contribution >= 0.6 is 0 Å². The molecule has 0 saturated carbocycles. The zero-order valence-corrected chi connectivity index (χ0v) is 28.6. The molecular formula is C47H36N4. The van der Waals surface area contributed by atoms with E-state index in [0.29, 0.717) is 0 Å². The highest BCUT2D eigenvalue weighted by Gasteiger charge is 2.37. The zero-order chi connectivity index (χ0) is 34.5. The fraction of sp³-hybridized carbons (Fsp3) is 0.106. The van der Waals surface area contributed by atoms with Crippen LogP contribution in [0.15, 0.2) is 163 Å². The molecule has 244 valence electrons. The van der Waals surface area contributed by atoms with Crippen molar-refractivity contribution in [1.29, 1.82) is 5.26 Å². The van der Waals surface area contributed by atoms with E-state index in [1.807, 2.05) is 24.3 Å². The maximum absolute atomic E-state index is 9.84. The Morgan fingerprint density at radius 1 is 0.588 bits per heavy atom. The van der Waals surface area contributed by atoms with Gasteiger partial charge in [-0.25, -0.2) is 4.99 Å². The second-order valence-corrected chi connectivity index (χ2v) is 14.0. The van der Waals surface area contributed by atoms with Crippen molar-refractivity contribution in [1.82, 2.24) is 10.6 Å². The van der Waals surface area contributed by atoms with E-state index >= 15 is 0 Å². The van der Waals surface area contributed by atoms with Crippen molar-refractivity contribution in [3.8, 4) is 39.4 Å². The minimum absolute atomic E-state index is 0.149. The van der Waals surface area contributed by atoms with Crippen LogP contribution in [0.4, 0.5) is 0 Å². The average Bonchev–Trinajstić information content (AvgIpc) is 3.43. The van der Waals surface area contributed by atoms with Gasteiger partial charge in [0.1, 0.15) is 18.2 Å². The van der Waals surface area contributed by atoms with E-state index < -0.39 is 0 Å². The third-order valence-electron chi connectivity index (χ3n) is 10.6. The summed E-state index contributed by atoms with van der Waals surface area (Å²) >= 11 is 0. The molecule has 51 heavy (non-hydrogen) atoms. The van der Waals surface area contributed by atoms with E-state index in [0.717, 1.165) is 28.1 Å². The molecule has 2 aliphatic rings. The first-order valence-electron chi connectivity index (χ1n) is 17.5. The quantitative estimate of drug-likeness (QED) is 0.194. The summed E-state index contributed by atoms with van der Waals surface area (Å²) < 4.78 is 0. The third-order valence-corrected chi connectivity index (χ3v) is 10.6. The number of hydrogen-bond donors (Lipinski definition) is 2. The van der Waals surface area contributed by atoms with Gasteiger partial charge >= 0.3 is 0 Å². The lowest BCUT2D eigenvalue weighted by Crippen LogP contribution is -2.45. The summed E-state index contributed by atoms with van der Waals surface area (Å²) in [5.41, 5.74) is 13.4. The molecule has 0 aromatic heterocycles. The molecule has 0 radical (unpaired) electrons. The largest absolute Gasteiger partial charge is 0.350 e. The van der Waals surface area contributed by atoms with Gasteiger partial charge in [-0.2, -0.15) is 5.26 Å². The first-order chi connectivity index (χ1) is 25.0. The smallest absolute Gasteiger partial charge is 0.131 e. The second kappa shape index (κ2) is 12.2. The Labute approximate surface area is 298 Å². The van der Waals surface area contributed by atoms with Gasteiger partial charge in [0.15, 0.2) is 0 Å². The molecule has 4 heteroatoms. The summed E-state index contributed by atoms with van der Waals surface area (Å²) in [4.78, 5) is 5.10. The van der Waals surface area contributed by atoms with Crippen molar-refractivity contribution < 1.29 is 0 Å². The van der Waals surface area contributed by atoms with Crippen LogP contribution in [0.1, 0.15) is 59.6 Å². The summed E-state index contributed by atoms with van der Waals surface area (Å²) in [6.07, 6.45) is -0.338. The van der Waals surface area contributed by atoms with Gasteiger partial charge < -0.3 is 5.32 Å². The molecule has 2 N–H and O–H groups in total.